The second-order valence-electron chi connectivity index (χ2n) is 7.26. The Kier molecular flexibility index (Phi) is 4.94. The van der Waals surface area contributed by atoms with Gasteiger partial charge < -0.3 is 9.88 Å². The van der Waals surface area contributed by atoms with Gasteiger partial charge in [0.1, 0.15) is 11.6 Å². The number of hydrogen-bond donors (Lipinski definition) is 1. The average Bonchev–Trinajstić information content (AvgIpc) is 3.05. The minimum absolute atomic E-state index is 0.0315. The van der Waals surface area contributed by atoms with Crippen LogP contribution in [0.1, 0.15) is 36.2 Å². The Morgan fingerprint density at radius 1 is 1.29 bits per heavy atom. The van der Waals surface area contributed by atoms with Gasteiger partial charge in [-0.25, -0.2) is 9.37 Å². The van der Waals surface area contributed by atoms with Crippen LogP contribution in [0, 0.1) is 12.7 Å². The van der Waals surface area contributed by atoms with Gasteiger partial charge in [-0.3, -0.25) is 4.79 Å². The van der Waals surface area contributed by atoms with Crippen LogP contribution in [-0.2, 0) is 16.8 Å². The molecule has 6 heteroatoms. The SMILES string of the molecule is Cc1nccn1-c1ccc(CNC(=O)C2(c3cccc(Cl)c3)CCC2)cc1F. The van der Waals surface area contributed by atoms with Crippen molar-refractivity contribution in [2.75, 3.05) is 0 Å². The number of aryl methyl sites for hydroxylation is 1. The van der Waals surface area contributed by atoms with E-state index in [-0.39, 0.29) is 18.3 Å². The molecule has 4 nitrogen and oxygen atoms in total. The number of rotatable bonds is 5. The fourth-order valence-electron chi connectivity index (χ4n) is 3.80. The molecule has 0 saturated heterocycles. The van der Waals surface area contributed by atoms with Crippen LogP contribution in [0.25, 0.3) is 5.69 Å². The number of nitrogens with one attached hydrogen (secondary N) is 1. The molecule has 28 heavy (non-hydrogen) atoms. The van der Waals surface area contributed by atoms with Crippen molar-refractivity contribution in [3.05, 3.63) is 82.6 Å². The molecule has 1 aliphatic rings. The van der Waals surface area contributed by atoms with Crippen molar-refractivity contribution in [2.45, 2.75) is 38.1 Å². The smallest absolute Gasteiger partial charge is 0.230 e. The molecule has 1 fully saturated rings. The van der Waals surface area contributed by atoms with Gasteiger partial charge in [0.25, 0.3) is 0 Å². The molecule has 1 aliphatic carbocycles. The monoisotopic (exact) mass is 397 g/mol. The second-order valence-corrected chi connectivity index (χ2v) is 7.70. The molecule has 0 bridgehead atoms. The highest BCUT2D eigenvalue weighted by atomic mass is 35.5. The van der Waals surface area contributed by atoms with Crippen LogP contribution < -0.4 is 5.32 Å². The third-order valence-corrected chi connectivity index (χ3v) is 5.80. The molecule has 1 heterocycles. The first-order valence-electron chi connectivity index (χ1n) is 9.33. The first-order chi connectivity index (χ1) is 13.5. The zero-order chi connectivity index (χ0) is 19.7. The van der Waals surface area contributed by atoms with Crippen LogP contribution >= 0.6 is 11.6 Å². The molecule has 4 rings (SSSR count). The number of hydrogen-bond acceptors (Lipinski definition) is 2. The van der Waals surface area contributed by atoms with Crippen molar-refractivity contribution in [3.8, 4) is 5.69 Å². The summed E-state index contributed by atoms with van der Waals surface area (Å²) in [5.74, 6) is 0.338. The Labute approximate surface area is 168 Å². The minimum atomic E-state index is -0.530. The summed E-state index contributed by atoms with van der Waals surface area (Å²) < 4.78 is 16.3. The van der Waals surface area contributed by atoms with E-state index >= 15 is 0 Å². The van der Waals surface area contributed by atoms with Gasteiger partial charge in [-0.2, -0.15) is 0 Å². The molecular formula is C22H21ClFN3O. The summed E-state index contributed by atoms with van der Waals surface area (Å²) in [6.07, 6.45) is 5.96. The number of carbonyl (C=O) groups excluding carboxylic acids is 1. The Bertz CT molecular complexity index is 1030. The van der Waals surface area contributed by atoms with Crippen molar-refractivity contribution < 1.29 is 9.18 Å². The first-order valence-corrected chi connectivity index (χ1v) is 9.70. The van der Waals surface area contributed by atoms with Gasteiger partial charge in [0.2, 0.25) is 5.91 Å². The normalized spacial score (nSPS) is 15.1. The van der Waals surface area contributed by atoms with E-state index < -0.39 is 5.41 Å². The van der Waals surface area contributed by atoms with Crippen LogP contribution in [-0.4, -0.2) is 15.5 Å². The molecule has 144 valence electrons. The molecule has 1 amide bonds. The molecule has 1 N–H and O–H groups in total. The first kappa shape index (κ1) is 18.7. The van der Waals surface area contributed by atoms with E-state index in [4.69, 9.17) is 11.6 Å². The number of benzene rings is 2. The van der Waals surface area contributed by atoms with Crippen molar-refractivity contribution in [3.63, 3.8) is 0 Å². The van der Waals surface area contributed by atoms with Crippen molar-refractivity contribution in [1.29, 1.82) is 0 Å². The van der Waals surface area contributed by atoms with Gasteiger partial charge in [0.15, 0.2) is 0 Å². The molecule has 1 saturated carbocycles. The van der Waals surface area contributed by atoms with Crippen LogP contribution in [0.3, 0.4) is 0 Å². The maximum absolute atomic E-state index is 14.6. The molecule has 0 spiro atoms. The molecule has 3 aromatic rings. The highest BCUT2D eigenvalue weighted by Crippen LogP contribution is 2.44. The zero-order valence-corrected chi connectivity index (χ0v) is 16.3. The molecule has 0 unspecified atom stereocenters. The molecular weight excluding hydrogens is 377 g/mol. The van der Waals surface area contributed by atoms with E-state index in [1.165, 1.54) is 6.07 Å². The predicted octanol–water partition coefficient (Wildman–Crippen LogP) is 4.71. The summed E-state index contributed by atoms with van der Waals surface area (Å²) in [6, 6.07) is 12.5. The number of carbonyl (C=O) groups is 1. The van der Waals surface area contributed by atoms with Crippen molar-refractivity contribution >= 4 is 17.5 Å². The number of amides is 1. The summed E-state index contributed by atoms with van der Waals surface area (Å²) in [4.78, 5) is 17.1. The lowest BCUT2D eigenvalue weighted by Crippen LogP contribution is -2.49. The minimum Gasteiger partial charge on any atom is -0.351 e. The van der Waals surface area contributed by atoms with E-state index in [0.717, 1.165) is 24.8 Å². The Morgan fingerprint density at radius 3 is 2.71 bits per heavy atom. The molecule has 0 atom stereocenters. The van der Waals surface area contributed by atoms with E-state index in [0.29, 0.717) is 22.1 Å². The van der Waals surface area contributed by atoms with Gasteiger partial charge in [0.05, 0.1) is 11.1 Å². The predicted molar refractivity (Wildman–Crippen MR) is 107 cm³/mol. The third kappa shape index (κ3) is 3.31. The van der Waals surface area contributed by atoms with Crippen LogP contribution in [0.4, 0.5) is 4.39 Å². The second kappa shape index (κ2) is 7.40. The lowest BCUT2D eigenvalue weighted by molar-refractivity contribution is -0.130. The van der Waals surface area contributed by atoms with Gasteiger partial charge in [-0.1, -0.05) is 36.2 Å². The van der Waals surface area contributed by atoms with Gasteiger partial charge >= 0.3 is 0 Å². The average molecular weight is 398 g/mol. The van der Waals surface area contributed by atoms with Crippen LogP contribution in [0.15, 0.2) is 54.9 Å². The Hall–Kier alpha value is -2.66. The highest BCUT2D eigenvalue weighted by Gasteiger charge is 2.45. The van der Waals surface area contributed by atoms with Gasteiger partial charge in [-0.05, 0) is 55.2 Å². The standard InChI is InChI=1S/C22H21ClFN3O/c1-15-25-10-11-27(15)20-7-6-16(12-19(20)24)14-26-21(28)22(8-3-9-22)17-4-2-5-18(23)13-17/h2,4-7,10-13H,3,8-9,14H2,1H3,(H,26,28). The molecule has 0 radical (unpaired) electrons. The number of aromatic nitrogens is 2. The summed E-state index contributed by atoms with van der Waals surface area (Å²) in [5, 5.41) is 3.61. The summed E-state index contributed by atoms with van der Waals surface area (Å²) in [5.41, 5.74) is 1.57. The number of imidazole rings is 1. The quantitative estimate of drug-likeness (QED) is 0.677. The van der Waals surface area contributed by atoms with Crippen molar-refractivity contribution in [1.82, 2.24) is 14.9 Å². The van der Waals surface area contributed by atoms with Gasteiger partial charge in [-0.15, -0.1) is 0 Å². The lowest BCUT2D eigenvalue weighted by Gasteiger charge is -2.40. The van der Waals surface area contributed by atoms with E-state index in [2.05, 4.69) is 10.3 Å². The fourth-order valence-corrected chi connectivity index (χ4v) is 3.99. The summed E-state index contributed by atoms with van der Waals surface area (Å²) >= 11 is 6.12. The molecule has 1 aromatic heterocycles. The Balaban J connectivity index is 1.49. The maximum atomic E-state index is 14.6. The molecule has 0 aliphatic heterocycles. The van der Waals surface area contributed by atoms with E-state index in [1.54, 1.807) is 23.0 Å². The zero-order valence-electron chi connectivity index (χ0n) is 15.6. The van der Waals surface area contributed by atoms with Crippen LogP contribution in [0.2, 0.25) is 5.02 Å². The topological polar surface area (TPSA) is 46.9 Å². The Morgan fingerprint density at radius 2 is 2.11 bits per heavy atom. The number of halogens is 2. The maximum Gasteiger partial charge on any atom is 0.230 e. The van der Waals surface area contributed by atoms with E-state index in [9.17, 15) is 9.18 Å². The van der Waals surface area contributed by atoms with E-state index in [1.807, 2.05) is 37.3 Å². The largest absolute Gasteiger partial charge is 0.351 e. The highest BCUT2D eigenvalue weighted by molar-refractivity contribution is 6.30. The third-order valence-electron chi connectivity index (χ3n) is 5.57. The van der Waals surface area contributed by atoms with Gasteiger partial charge in [0, 0.05) is 24.0 Å². The summed E-state index contributed by atoms with van der Waals surface area (Å²) in [6.45, 7) is 2.10. The van der Waals surface area contributed by atoms with Crippen molar-refractivity contribution in [2.24, 2.45) is 0 Å². The lowest BCUT2D eigenvalue weighted by atomic mass is 9.64. The fraction of sp³-hybridized carbons (Fsp3) is 0.273. The number of nitrogens with zero attached hydrogens (tertiary/aromatic N) is 2. The molecule has 2 aromatic carbocycles. The summed E-state index contributed by atoms with van der Waals surface area (Å²) in [7, 11) is 0. The van der Waals surface area contributed by atoms with Crippen LogP contribution in [0.5, 0.6) is 0 Å².